The van der Waals surface area contributed by atoms with E-state index in [-0.39, 0.29) is 41.0 Å². The molecular weight excluding hydrogens is 544 g/mol. The van der Waals surface area contributed by atoms with Gasteiger partial charge in [-0.2, -0.15) is 0 Å². The highest BCUT2D eigenvalue weighted by molar-refractivity contribution is 9.09. The van der Waals surface area contributed by atoms with E-state index in [0.717, 1.165) is 16.8 Å². The average Bonchev–Trinajstić information content (AvgIpc) is 3.39. The molecule has 2 bridgehead atoms. The molecule has 4 rings (SSSR count). The lowest BCUT2D eigenvalue weighted by Crippen LogP contribution is -2.58. The Morgan fingerprint density at radius 3 is 2.50 bits per heavy atom. The molecule has 0 aromatic heterocycles. The first-order chi connectivity index (χ1) is 17.0. The van der Waals surface area contributed by atoms with Crippen LogP contribution in [0.3, 0.4) is 0 Å². The third-order valence-electron chi connectivity index (χ3n) is 7.88. The van der Waals surface area contributed by atoms with Crippen molar-refractivity contribution in [2.45, 2.75) is 67.4 Å². The number of halogens is 1. The van der Waals surface area contributed by atoms with E-state index >= 15 is 0 Å². The number of aliphatic hydroxyl groups is 1. The third-order valence-corrected chi connectivity index (χ3v) is 11.1. The summed E-state index contributed by atoms with van der Waals surface area (Å²) in [7, 11) is 0. The van der Waals surface area contributed by atoms with E-state index in [0.29, 0.717) is 12.8 Å². The van der Waals surface area contributed by atoms with Gasteiger partial charge < -0.3 is 20.0 Å². The van der Waals surface area contributed by atoms with Crippen LogP contribution in [-0.2, 0) is 14.4 Å². The zero-order valence-corrected chi connectivity index (χ0v) is 23.6. The SMILES string of the molecule is C=CCN(C(=O)C1N([C@@H](CO)CC(C)C)C(=O)[C@@H]2[C@@H](C(=O)O)[C@@H]3SC12CC3Br)c1c(C)cccc1C. The number of likely N-dealkylation sites (tertiary alicyclic amines) is 1. The Morgan fingerprint density at radius 1 is 1.33 bits per heavy atom. The predicted octanol–water partition coefficient (Wildman–Crippen LogP) is 3.78. The first-order valence-electron chi connectivity index (χ1n) is 12.5. The van der Waals surface area contributed by atoms with Gasteiger partial charge in [0.15, 0.2) is 0 Å². The summed E-state index contributed by atoms with van der Waals surface area (Å²) in [5.41, 5.74) is 2.64. The van der Waals surface area contributed by atoms with Crippen molar-refractivity contribution in [3.8, 4) is 0 Å². The van der Waals surface area contributed by atoms with Crippen LogP contribution >= 0.6 is 27.7 Å². The summed E-state index contributed by atoms with van der Waals surface area (Å²) in [6.45, 7) is 11.8. The topological polar surface area (TPSA) is 98.2 Å². The molecule has 3 aliphatic rings. The highest BCUT2D eigenvalue weighted by atomic mass is 79.9. The number of fused-ring (bicyclic) bond motifs is 1. The van der Waals surface area contributed by atoms with Crippen LogP contribution < -0.4 is 4.90 Å². The number of carbonyl (C=O) groups is 3. The summed E-state index contributed by atoms with van der Waals surface area (Å²) in [6.07, 6.45) is 2.71. The molecule has 1 aromatic rings. The molecule has 7 atom stereocenters. The van der Waals surface area contributed by atoms with Crippen molar-refractivity contribution in [2.75, 3.05) is 18.1 Å². The molecule has 2 amide bonds. The summed E-state index contributed by atoms with van der Waals surface area (Å²) in [6, 6.07) is 4.38. The van der Waals surface area contributed by atoms with E-state index < -0.39 is 34.6 Å². The molecule has 0 radical (unpaired) electrons. The number of aryl methyl sites for hydroxylation is 2. The van der Waals surface area contributed by atoms with Crippen LogP contribution in [0.25, 0.3) is 0 Å². The average molecular weight is 580 g/mol. The molecule has 7 nitrogen and oxygen atoms in total. The van der Waals surface area contributed by atoms with Gasteiger partial charge in [0, 0.05) is 22.3 Å². The number of aliphatic hydroxyl groups excluding tert-OH is 1. The number of carboxylic acid groups (broad SMARTS) is 1. The molecule has 3 heterocycles. The summed E-state index contributed by atoms with van der Waals surface area (Å²) < 4.78 is -0.879. The van der Waals surface area contributed by atoms with Gasteiger partial charge in [-0.15, -0.1) is 18.3 Å². The van der Waals surface area contributed by atoms with Crippen LogP contribution in [0.2, 0.25) is 0 Å². The molecule has 1 aromatic carbocycles. The van der Waals surface area contributed by atoms with E-state index in [1.54, 1.807) is 15.9 Å². The van der Waals surface area contributed by atoms with Gasteiger partial charge in [-0.25, -0.2) is 0 Å². The summed E-state index contributed by atoms with van der Waals surface area (Å²) >= 11 is 5.16. The van der Waals surface area contributed by atoms with E-state index in [1.807, 2.05) is 45.9 Å². The van der Waals surface area contributed by atoms with E-state index in [1.165, 1.54) is 11.8 Å². The number of thioether (sulfide) groups is 1. The zero-order valence-electron chi connectivity index (χ0n) is 21.2. The molecule has 3 unspecified atom stereocenters. The Hall–Kier alpha value is -1.84. The number of rotatable bonds is 9. The normalized spacial score (nSPS) is 31.6. The molecule has 2 N–H and O–H groups in total. The Balaban J connectivity index is 1.89. The molecule has 0 aliphatic carbocycles. The van der Waals surface area contributed by atoms with Crippen LogP contribution in [0.4, 0.5) is 5.69 Å². The molecule has 3 fully saturated rings. The largest absolute Gasteiger partial charge is 0.481 e. The minimum atomic E-state index is -1.01. The van der Waals surface area contributed by atoms with Crippen molar-refractivity contribution in [1.29, 1.82) is 0 Å². The van der Waals surface area contributed by atoms with Gasteiger partial charge in [-0.05, 0) is 43.7 Å². The van der Waals surface area contributed by atoms with Gasteiger partial charge in [0.1, 0.15) is 6.04 Å². The number of anilines is 1. The second-order valence-electron chi connectivity index (χ2n) is 10.7. The summed E-state index contributed by atoms with van der Waals surface area (Å²) in [4.78, 5) is 44.2. The van der Waals surface area contributed by atoms with Gasteiger partial charge in [0.05, 0.1) is 29.2 Å². The number of benzene rings is 1. The zero-order chi connectivity index (χ0) is 26.5. The second-order valence-corrected chi connectivity index (χ2v) is 13.4. The number of amides is 2. The third kappa shape index (κ3) is 4.11. The van der Waals surface area contributed by atoms with Crippen LogP contribution in [0, 0.1) is 31.6 Å². The maximum absolute atomic E-state index is 14.6. The first kappa shape index (κ1) is 27.2. The van der Waals surface area contributed by atoms with Crippen molar-refractivity contribution >= 4 is 51.2 Å². The van der Waals surface area contributed by atoms with Gasteiger partial charge in [0.25, 0.3) is 5.91 Å². The lowest BCUT2D eigenvalue weighted by atomic mass is 9.71. The molecule has 3 saturated heterocycles. The standard InChI is InChI=1S/C27H35BrN2O5S/c1-6-10-29(21-15(4)8-7-9-16(21)5)25(33)23-27-12-18(28)22(36-27)19(26(34)35)20(27)24(32)30(23)17(13-31)11-14(2)3/h6-9,14,17-20,22-23,31H,1,10-13H2,2-5H3,(H,34,35)/t17-,18?,19-,20+,22-,23?,27?/m1/s1. The molecule has 9 heteroatoms. The Morgan fingerprint density at radius 2 is 1.97 bits per heavy atom. The van der Waals surface area contributed by atoms with Crippen molar-refractivity contribution in [3.05, 3.63) is 42.0 Å². The van der Waals surface area contributed by atoms with Gasteiger partial charge >= 0.3 is 5.97 Å². The molecule has 1 spiro atoms. The molecule has 3 aliphatic heterocycles. The van der Waals surface area contributed by atoms with Gasteiger partial charge in [-0.3, -0.25) is 14.4 Å². The number of alkyl halides is 1. The Labute approximate surface area is 225 Å². The van der Waals surface area contributed by atoms with Crippen LogP contribution in [0.5, 0.6) is 0 Å². The van der Waals surface area contributed by atoms with Crippen molar-refractivity contribution in [3.63, 3.8) is 0 Å². The number of para-hydroxylation sites is 1. The van der Waals surface area contributed by atoms with Gasteiger partial charge in [-0.1, -0.05) is 54.1 Å². The highest BCUT2D eigenvalue weighted by Crippen LogP contribution is 2.68. The van der Waals surface area contributed by atoms with Crippen molar-refractivity contribution < 1.29 is 24.6 Å². The molecule has 36 heavy (non-hydrogen) atoms. The fraction of sp³-hybridized carbons (Fsp3) is 0.593. The molecule has 0 saturated carbocycles. The lowest BCUT2D eigenvalue weighted by molar-refractivity contribution is -0.149. The highest BCUT2D eigenvalue weighted by Gasteiger charge is 2.76. The number of hydrogen-bond donors (Lipinski definition) is 2. The number of nitrogens with zero attached hydrogens (tertiary/aromatic N) is 2. The summed E-state index contributed by atoms with van der Waals surface area (Å²) in [5, 5.41) is 20.2. The smallest absolute Gasteiger partial charge is 0.308 e. The number of carbonyl (C=O) groups excluding carboxylic acids is 2. The van der Waals surface area contributed by atoms with Crippen LogP contribution in [-0.4, -0.2) is 73.0 Å². The van der Waals surface area contributed by atoms with Gasteiger partial charge in [0.2, 0.25) is 5.91 Å². The quantitative estimate of drug-likeness (QED) is 0.342. The fourth-order valence-corrected chi connectivity index (χ4v) is 10.2. The maximum Gasteiger partial charge on any atom is 0.308 e. The van der Waals surface area contributed by atoms with E-state index in [9.17, 15) is 24.6 Å². The molecule has 196 valence electrons. The van der Waals surface area contributed by atoms with Crippen LogP contribution in [0.1, 0.15) is 37.8 Å². The number of hydrogen-bond acceptors (Lipinski definition) is 5. The Kier molecular flexibility index (Phi) is 7.66. The minimum absolute atomic E-state index is 0.117. The lowest BCUT2D eigenvalue weighted by Gasteiger charge is -2.40. The van der Waals surface area contributed by atoms with E-state index in [2.05, 4.69) is 22.5 Å². The van der Waals surface area contributed by atoms with Crippen molar-refractivity contribution in [1.82, 2.24) is 4.90 Å². The Bertz CT molecular complexity index is 1060. The number of aliphatic carboxylic acids is 1. The number of carboxylic acids is 1. The minimum Gasteiger partial charge on any atom is -0.481 e. The maximum atomic E-state index is 14.6. The molecular formula is C27H35BrN2O5S. The summed E-state index contributed by atoms with van der Waals surface area (Å²) in [5.74, 6) is -3.09. The van der Waals surface area contributed by atoms with Crippen LogP contribution in [0.15, 0.2) is 30.9 Å². The monoisotopic (exact) mass is 578 g/mol. The second kappa shape index (κ2) is 10.1. The van der Waals surface area contributed by atoms with Crippen molar-refractivity contribution in [2.24, 2.45) is 17.8 Å². The predicted molar refractivity (Wildman–Crippen MR) is 145 cm³/mol. The fourth-order valence-electron chi connectivity index (χ4n) is 6.64. The first-order valence-corrected chi connectivity index (χ1v) is 14.3. The van der Waals surface area contributed by atoms with E-state index in [4.69, 9.17) is 0 Å².